The van der Waals surface area contributed by atoms with Crippen molar-refractivity contribution in [3.05, 3.63) is 59.2 Å². The van der Waals surface area contributed by atoms with Crippen LogP contribution in [0.1, 0.15) is 16.7 Å². The van der Waals surface area contributed by atoms with Crippen LogP contribution in [0.3, 0.4) is 0 Å². The maximum Gasteiger partial charge on any atom is 0.0991 e. The van der Waals surface area contributed by atoms with Gasteiger partial charge in [-0.3, -0.25) is 0 Å². The summed E-state index contributed by atoms with van der Waals surface area (Å²) in [6.07, 6.45) is 0. The second-order valence-electron chi connectivity index (χ2n) is 4.01. The van der Waals surface area contributed by atoms with Crippen molar-refractivity contribution in [2.75, 3.05) is 0 Å². The van der Waals surface area contributed by atoms with Crippen LogP contribution in [0.25, 0.3) is 11.1 Å². The molecular formula is C15H13N. The highest BCUT2D eigenvalue weighted by Crippen LogP contribution is 2.25. The first-order valence-corrected chi connectivity index (χ1v) is 5.28. The second kappa shape index (κ2) is 4.20. The van der Waals surface area contributed by atoms with Crippen molar-refractivity contribution in [1.29, 1.82) is 5.26 Å². The zero-order chi connectivity index (χ0) is 11.5. The summed E-state index contributed by atoms with van der Waals surface area (Å²) in [5.41, 5.74) is 5.39. The van der Waals surface area contributed by atoms with E-state index in [2.05, 4.69) is 31.2 Å². The highest BCUT2D eigenvalue weighted by Gasteiger charge is 2.03. The number of nitrogens with zero attached hydrogens (tertiary/aromatic N) is 1. The third-order valence-electron chi connectivity index (χ3n) is 2.66. The molecule has 0 bridgehead atoms. The van der Waals surface area contributed by atoms with Gasteiger partial charge in [-0.2, -0.15) is 5.26 Å². The molecule has 0 aliphatic rings. The monoisotopic (exact) mass is 207 g/mol. The van der Waals surface area contributed by atoms with Gasteiger partial charge in [0, 0.05) is 0 Å². The molecule has 0 saturated carbocycles. The first-order valence-electron chi connectivity index (χ1n) is 5.28. The van der Waals surface area contributed by atoms with E-state index in [9.17, 15) is 0 Å². The van der Waals surface area contributed by atoms with E-state index in [1.54, 1.807) is 0 Å². The Morgan fingerprint density at radius 2 is 1.75 bits per heavy atom. The molecule has 2 aromatic rings. The Morgan fingerprint density at radius 3 is 2.44 bits per heavy atom. The van der Waals surface area contributed by atoms with Crippen LogP contribution in [0.4, 0.5) is 0 Å². The maximum atomic E-state index is 8.95. The van der Waals surface area contributed by atoms with Gasteiger partial charge in [-0.15, -0.1) is 0 Å². The topological polar surface area (TPSA) is 23.8 Å². The number of aryl methyl sites for hydroxylation is 2. The SMILES string of the molecule is Cc1cc(C#N)cc(-c2ccccc2C)c1. The predicted octanol–water partition coefficient (Wildman–Crippen LogP) is 3.84. The van der Waals surface area contributed by atoms with E-state index in [1.807, 2.05) is 31.2 Å². The number of nitriles is 1. The van der Waals surface area contributed by atoms with Crippen molar-refractivity contribution in [2.45, 2.75) is 13.8 Å². The van der Waals surface area contributed by atoms with Gasteiger partial charge in [0.15, 0.2) is 0 Å². The number of hydrogen-bond acceptors (Lipinski definition) is 1. The highest BCUT2D eigenvalue weighted by atomic mass is 14.2. The summed E-state index contributed by atoms with van der Waals surface area (Å²) in [7, 11) is 0. The molecule has 0 N–H and O–H groups in total. The van der Waals surface area contributed by atoms with Crippen LogP contribution in [-0.2, 0) is 0 Å². The molecule has 0 spiro atoms. The van der Waals surface area contributed by atoms with E-state index in [4.69, 9.17) is 5.26 Å². The van der Waals surface area contributed by atoms with Crippen LogP contribution in [0.2, 0.25) is 0 Å². The van der Waals surface area contributed by atoms with Gasteiger partial charge in [-0.05, 0) is 48.2 Å². The third-order valence-corrected chi connectivity index (χ3v) is 2.66. The largest absolute Gasteiger partial charge is 0.192 e. The summed E-state index contributed by atoms with van der Waals surface area (Å²) in [5, 5.41) is 8.95. The Labute approximate surface area is 96.0 Å². The van der Waals surface area contributed by atoms with Crippen LogP contribution >= 0.6 is 0 Å². The lowest BCUT2D eigenvalue weighted by Gasteiger charge is -2.07. The number of benzene rings is 2. The fraction of sp³-hybridized carbons (Fsp3) is 0.133. The molecule has 0 saturated heterocycles. The van der Waals surface area contributed by atoms with E-state index < -0.39 is 0 Å². The molecule has 0 aromatic heterocycles. The summed E-state index contributed by atoms with van der Waals surface area (Å²) in [5.74, 6) is 0. The fourth-order valence-corrected chi connectivity index (χ4v) is 1.90. The quantitative estimate of drug-likeness (QED) is 0.697. The Hall–Kier alpha value is -2.07. The summed E-state index contributed by atoms with van der Waals surface area (Å²) >= 11 is 0. The van der Waals surface area contributed by atoms with Crippen LogP contribution in [0, 0.1) is 25.2 Å². The van der Waals surface area contributed by atoms with Gasteiger partial charge in [-0.1, -0.05) is 30.3 Å². The minimum atomic E-state index is 0.721. The third kappa shape index (κ3) is 1.97. The van der Waals surface area contributed by atoms with Crippen LogP contribution < -0.4 is 0 Å². The standard InChI is InChI=1S/C15H13N/c1-11-7-13(10-16)9-14(8-11)15-6-4-3-5-12(15)2/h3-9H,1-2H3. The van der Waals surface area contributed by atoms with Crippen molar-refractivity contribution >= 4 is 0 Å². The maximum absolute atomic E-state index is 8.95. The predicted molar refractivity (Wildman–Crippen MR) is 66.1 cm³/mol. The van der Waals surface area contributed by atoms with Crippen molar-refractivity contribution in [2.24, 2.45) is 0 Å². The van der Waals surface area contributed by atoms with E-state index >= 15 is 0 Å². The van der Waals surface area contributed by atoms with Crippen molar-refractivity contribution in [3.8, 4) is 17.2 Å². The van der Waals surface area contributed by atoms with Crippen molar-refractivity contribution in [3.63, 3.8) is 0 Å². The minimum absolute atomic E-state index is 0.721. The molecule has 1 nitrogen and oxygen atoms in total. The lowest BCUT2D eigenvalue weighted by molar-refractivity contribution is 1.40. The molecule has 78 valence electrons. The molecule has 0 aliphatic heterocycles. The molecule has 0 radical (unpaired) electrons. The molecule has 0 aliphatic carbocycles. The molecule has 2 rings (SSSR count). The molecule has 0 heterocycles. The van der Waals surface area contributed by atoms with Gasteiger partial charge >= 0.3 is 0 Å². The summed E-state index contributed by atoms with van der Waals surface area (Å²) in [6.45, 7) is 4.10. The zero-order valence-corrected chi connectivity index (χ0v) is 9.49. The fourth-order valence-electron chi connectivity index (χ4n) is 1.90. The Kier molecular flexibility index (Phi) is 2.74. The Morgan fingerprint density at radius 1 is 1.00 bits per heavy atom. The number of rotatable bonds is 1. The first kappa shape index (κ1) is 10.4. The van der Waals surface area contributed by atoms with E-state index in [1.165, 1.54) is 11.1 Å². The first-order chi connectivity index (χ1) is 7.70. The van der Waals surface area contributed by atoms with E-state index in [-0.39, 0.29) is 0 Å². The Balaban J connectivity index is 2.61. The normalized spacial score (nSPS) is 9.81. The zero-order valence-electron chi connectivity index (χ0n) is 9.49. The second-order valence-corrected chi connectivity index (χ2v) is 4.01. The van der Waals surface area contributed by atoms with Crippen molar-refractivity contribution in [1.82, 2.24) is 0 Å². The molecule has 2 aromatic carbocycles. The molecule has 0 amide bonds. The molecule has 16 heavy (non-hydrogen) atoms. The minimum Gasteiger partial charge on any atom is -0.192 e. The van der Waals surface area contributed by atoms with Gasteiger partial charge in [-0.25, -0.2) is 0 Å². The van der Waals surface area contributed by atoms with Crippen LogP contribution in [0.5, 0.6) is 0 Å². The molecule has 1 heteroatoms. The van der Waals surface area contributed by atoms with Gasteiger partial charge in [0.2, 0.25) is 0 Å². The molecule has 0 fully saturated rings. The van der Waals surface area contributed by atoms with Gasteiger partial charge in [0.25, 0.3) is 0 Å². The number of hydrogen-bond donors (Lipinski definition) is 0. The van der Waals surface area contributed by atoms with E-state index in [0.29, 0.717) is 0 Å². The van der Waals surface area contributed by atoms with E-state index in [0.717, 1.165) is 16.7 Å². The average Bonchev–Trinajstić information content (AvgIpc) is 2.28. The summed E-state index contributed by atoms with van der Waals surface area (Å²) in [4.78, 5) is 0. The summed E-state index contributed by atoms with van der Waals surface area (Å²) in [6, 6.07) is 16.4. The van der Waals surface area contributed by atoms with Crippen LogP contribution in [0.15, 0.2) is 42.5 Å². The Bertz CT molecular complexity index is 562. The van der Waals surface area contributed by atoms with Gasteiger partial charge in [0.1, 0.15) is 0 Å². The average molecular weight is 207 g/mol. The van der Waals surface area contributed by atoms with Crippen LogP contribution in [-0.4, -0.2) is 0 Å². The summed E-state index contributed by atoms with van der Waals surface area (Å²) < 4.78 is 0. The lowest BCUT2D eigenvalue weighted by Crippen LogP contribution is -1.86. The molecule has 0 unspecified atom stereocenters. The van der Waals surface area contributed by atoms with Gasteiger partial charge < -0.3 is 0 Å². The molecular weight excluding hydrogens is 194 g/mol. The smallest absolute Gasteiger partial charge is 0.0991 e. The van der Waals surface area contributed by atoms with Crippen molar-refractivity contribution < 1.29 is 0 Å². The molecule has 0 atom stereocenters. The highest BCUT2D eigenvalue weighted by molar-refractivity contribution is 5.69. The van der Waals surface area contributed by atoms with Gasteiger partial charge in [0.05, 0.1) is 11.6 Å². The lowest BCUT2D eigenvalue weighted by atomic mass is 9.97.